The van der Waals surface area contributed by atoms with Gasteiger partial charge in [-0.2, -0.15) is 0 Å². The number of hydrogen-bond donors (Lipinski definition) is 2. The fraction of sp³-hybridized carbons (Fsp3) is 0.316. The van der Waals surface area contributed by atoms with Crippen LogP contribution in [0.3, 0.4) is 0 Å². The number of rotatable bonds is 6. The molecule has 0 saturated heterocycles. The van der Waals surface area contributed by atoms with Crippen molar-refractivity contribution in [2.45, 2.75) is 33.7 Å². The number of benzene rings is 1. The molecule has 0 aliphatic rings. The zero-order valence-electron chi connectivity index (χ0n) is 15.3. The molecule has 0 aliphatic carbocycles. The summed E-state index contributed by atoms with van der Waals surface area (Å²) in [6.07, 6.45) is 0. The molecule has 1 aromatic heterocycles. The molecular weight excluding hydrogens is 334 g/mol. The molecule has 3 N–H and O–H groups in total. The quantitative estimate of drug-likeness (QED) is 0.612. The van der Waals surface area contributed by atoms with Crippen molar-refractivity contribution in [1.29, 1.82) is 0 Å². The van der Waals surface area contributed by atoms with Crippen molar-refractivity contribution in [2.75, 3.05) is 11.9 Å². The van der Waals surface area contributed by atoms with E-state index in [1.165, 1.54) is 24.3 Å². The fourth-order valence-corrected chi connectivity index (χ4v) is 2.98. The molecule has 138 valence electrons. The average molecular weight is 357 g/mol. The average Bonchev–Trinajstić information content (AvgIpc) is 2.87. The number of Topliss-reactive ketones (excluding diaryl/α,β-unsaturated/α-hetero) is 1. The summed E-state index contributed by atoms with van der Waals surface area (Å²) in [5.74, 6) is -0.855. The molecule has 2 rings (SSSR count). The number of hydrogen-bond acceptors (Lipinski definition) is 4. The molecule has 7 nitrogen and oxygen atoms in total. The Kier molecular flexibility index (Phi) is 5.82. The van der Waals surface area contributed by atoms with E-state index in [4.69, 9.17) is 10.5 Å². The van der Waals surface area contributed by atoms with E-state index in [0.29, 0.717) is 11.3 Å². The van der Waals surface area contributed by atoms with Crippen LogP contribution in [0.25, 0.3) is 0 Å². The van der Waals surface area contributed by atoms with Crippen LogP contribution in [-0.4, -0.2) is 29.0 Å². The summed E-state index contributed by atoms with van der Waals surface area (Å²) in [7, 11) is 0. The van der Waals surface area contributed by atoms with Gasteiger partial charge in [0.05, 0.1) is 5.56 Å². The zero-order valence-corrected chi connectivity index (χ0v) is 15.3. The van der Waals surface area contributed by atoms with E-state index in [-0.39, 0.29) is 24.0 Å². The molecule has 26 heavy (non-hydrogen) atoms. The normalized spacial score (nSPS) is 10.7. The Balaban J connectivity index is 2.02. The first-order valence-corrected chi connectivity index (χ1v) is 8.26. The van der Waals surface area contributed by atoms with Gasteiger partial charge in [-0.05, 0) is 58.0 Å². The van der Waals surface area contributed by atoms with Gasteiger partial charge in [0.1, 0.15) is 0 Å². The van der Waals surface area contributed by atoms with Gasteiger partial charge in [-0.15, -0.1) is 0 Å². The zero-order chi connectivity index (χ0) is 19.4. The van der Waals surface area contributed by atoms with Gasteiger partial charge >= 0.3 is 12.0 Å². The summed E-state index contributed by atoms with van der Waals surface area (Å²) < 4.78 is 7.19. The van der Waals surface area contributed by atoms with Gasteiger partial charge in [-0.3, -0.25) is 4.79 Å². The SMILES string of the molecule is Cc1cc(C(=O)COC(=O)c2ccc(NC(N)=O)cc2)c(C)n1C(C)C. The molecular formula is C19H23N3O4. The van der Waals surface area contributed by atoms with Crippen LogP contribution < -0.4 is 11.1 Å². The van der Waals surface area contributed by atoms with Gasteiger partial charge in [0.2, 0.25) is 5.78 Å². The number of ether oxygens (including phenoxy) is 1. The summed E-state index contributed by atoms with van der Waals surface area (Å²) in [4.78, 5) is 35.3. The second-order valence-electron chi connectivity index (χ2n) is 6.31. The van der Waals surface area contributed by atoms with Crippen molar-refractivity contribution >= 4 is 23.5 Å². The van der Waals surface area contributed by atoms with E-state index < -0.39 is 12.0 Å². The van der Waals surface area contributed by atoms with Gasteiger partial charge in [0.15, 0.2) is 6.61 Å². The van der Waals surface area contributed by atoms with Crippen LogP contribution in [0, 0.1) is 13.8 Å². The Morgan fingerprint density at radius 3 is 2.27 bits per heavy atom. The van der Waals surface area contributed by atoms with Crippen LogP contribution in [-0.2, 0) is 4.74 Å². The molecule has 0 atom stereocenters. The molecule has 0 fully saturated rings. The highest BCUT2D eigenvalue weighted by Gasteiger charge is 2.19. The smallest absolute Gasteiger partial charge is 0.338 e. The topological polar surface area (TPSA) is 103 Å². The van der Waals surface area contributed by atoms with E-state index in [2.05, 4.69) is 9.88 Å². The Labute approximate surface area is 152 Å². The Bertz CT molecular complexity index is 835. The lowest BCUT2D eigenvalue weighted by molar-refractivity contribution is 0.0474. The third-order valence-corrected chi connectivity index (χ3v) is 4.02. The highest BCUT2D eigenvalue weighted by atomic mass is 16.5. The van der Waals surface area contributed by atoms with Gasteiger partial charge in [0.25, 0.3) is 0 Å². The van der Waals surface area contributed by atoms with Gasteiger partial charge in [-0.25, -0.2) is 9.59 Å². The molecule has 0 radical (unpaired) electrons. The number of anilines is 1. The van der Waals surface area contributed by atoms with Gasteiger partial charge < -0.3 is 20.4 Å². The largest absolute Gasteiger partial charge is 0.454 e. The number of nitrogens with one attached hydrogen (secondary N) is 1. The third-order valence-electron chi connectivity index (χ3n) is 4.02. The lowest BCUT2D eigenvalue weighted by Gasteiger charge is -2.13. The summed E-state index contributed by atoms with van der Waals surface area (Å²) in [5.41, 5.74) is 8.18. The third kappa shape index (κ3) is 4.30. The van der Waals surface area contributed by atoms with Crippen molar-refractivity contribution in [3.05, 3.63) is 52.8 Å². The van der Waals surface area contributed by atoms with Crippen LogP contribution >= 0.6 is 0 Å². The summed E-state index contributed by atoms with van der Waals surface area (Å²) in [5, 5.41) is 2.40. The summed E-state index contributed by atoms with van der Waals surface area (Å²) >= 11 is 0. The maximum atomic E-state index is 12.4. The maximum Gasteiger partial charge on any atom is 0.338 e. The van der Waals surface area contributed by atoms with E-state index in [1.807, 2.05) is 33.8 Å². The molecule has 7 heteroatoms. The number of primary amides is 1. The lowest BCUT2D eigenvalue weighted by Crippen LogP contribution is -2.19. The first-order valence-electron chi connectivity index (χ1n) is 8.26. The van der Waals surface area contributed by atoms with Crippen molar-refractivity contribution in [1.82, 2.24) is 4.57 Å². The molecule has 1 aromatic carbocycles. The second kappa shape index (κ2) is 7.86. The van der Waals surface area contributed by atoms with E-state index in [9.17, 15) is 14.4 Å². The predicted octanol–water partition coefficient (Wildman–Crippen LogP) is 3.22. The molecule has 2 amide bonds. The Morgan fingerprint density at radius 1 is 1.15 bits per heavy atom. The van der Waals surface area contributed by atoms with E-state index in [0.717, 1.165) is 11.4 Å². The first-order chi connectivity index (χ1) is 12.2. The monoisotopic (exact) mass is 357 g/mol. The molecule has 0 unspecified atom stereocenters. The number of urea groups is 1. The van der Waals surface area contributed by atoms with Crippen LogP contribution in [0.5, 0.6) is 0 Å². The summed E-state index contributed by atoms with van der Waals surface area (Å²) in [6.45, 7) is 7.59. The number of carbonyl (C=O) groups is 3. The van der Waals surface area contributed by atoms with E-state index in [1.54, 1.807) is 0 Å². The molecule has 2 aromatic rings. The number of amides is 2. The van der Waals surface area contributed by atoms with Crippen molar-refractivity contribution in [3.63, 3.8) is 0 Å². The van der Waals surface area contributed by atoms with Crippen molar-refractivity contribution < 1.29 is 19.1 Å². The number of nitrogens with two attached hydrogens (primary N) is 1. The number of esters is 1. The Hall–Kier alpha value is -3.09. The highest BCUT2D eigenvalue weighted by molar-refractivity contribution is 6.00. The number of carbonyl (C=O) groups excluding carboxylic acids is 3. The highest BCUT2D eigenvalue weighted by Crippen LogP contribution is 2.20. The summed E-state index contributed by atoms with van der Waals surface area (Å²) in [6, 6.07) is 7.40. The first kappa shape index (κ1) is 19.2. The maximum absolute atomic E-state index is 12.4. The molecule has 0 bridgehead atoms. The molecule has 0 aliphatic heterocycles. The Morgan fingerprint density at radius 2 is 1.77 bits per heavy atom. The van der Waals surface area contributed by atoms with Crippen LogP contribution in [0.4, 0.5) is 10.5 Å². The number of aromatic nitrogens is 1. The predicted molar refractivity (Wildman–Crippen MR) is 98.6 cm³/mol. The minimum absolute atomic E-state index is 0.242. The molecule has 1 heterocycles. The van der Waals surface area contributed by atoms with E-state index >= 15 is 0 Å². The van der Waals surface area contributed by atoms with Gasteiger partial charge in [0, 0.05) is 28.7 Å². The van der Waals surface area contributed by atoms with Crippen molar-refractivity contribution in [2.24, 2.45) is 5.73 Å². The van der Waals surface area contributed by atoms with Crippen LogP contribution in [0.2, 0.25) is 0 Å². The standard InChI is InChI=1S/C19H23N3O4/c1-11(2)22-12(3)9-16(13(22)4)17(23)10-26-18(24)14-5-7-15(8-6-14)21-19(20)25/h5-9,11H,10H2,1-4H3,(H3,20,21,25). The molecule has 0 saturated carbocycles. The minimum Gasteiger partial charge on any atom is -0.454 e. The van der Waals surface area contributed by atoms with Gasteiger partial charge in [-0.1, -0.05) is 0 Å². The lowest BCUT2D eigenvalue weighted by atomic mass is 10.1. The minimum atomic E-state index is -0.690. The number of nitrogens with zero attached hydrogens (tertiary/aromatic N) is 1. The second-order valence-corrected chi connectivity index (χ2v) is 6.31. The molecule has 0 spiro atoms. The van der Waals surface area contributed by atoms with Crippen LogP contribution in [0.1, 0.15) is 52.0 Å². The van der Waals surface area contributed by atoms with Crippen molar-refractivity contribution in [3.8, 4) is 0 Å². The number of ketones is 1. The number of aryl methyl sites for hydroxylation is 1. The fourth-order valence-electron chi connectivity index (χ4n) is 2.98. The van der Waals surface area contributed by atoms with Crippen LogP contribution in [0.15, 0.2) is 30.3 Å².